The van der Waals surface area contributed by atoms with Crippen molar-refractivity contribution >= 4 is 23.0 Å². The van der Waals surface area contributed by atoms with Crippen molar-refractivity contribution in [2.24, 2.45) is 5.73 Å². The summed E-state index contributed by atoms with van der Waals surface area (Å²) in [6, 6.07) is 7.91. The van der Waals surface area contributed by atoms with Crippen LogP contribution in [-0.4, -0.2) is 15.2 Å². The molecule has 1 unspecified atom stereocenters. The van der Waals surface area contributed by atoms with Crippen LogP contribution in [0.4, 0.5) is 10.2 Å². The van der Waals surface area contributed by atoms with Gasteiger partial charge in [0.25, 0.3) is 0 Å². The number of hydrogen-bond donors (Lipinski definition) is 2. The molecular formula is C13H13FN4S. The van der Waals surface area contributed by atoms with Crippen LogP contribution in [0.3, 0.4) is 0 Å². The maximum Gasteiger partial charge on any atom is 0.159 e. The van der Waals surface area contributed by atoms with E-state index < -0.39 is 0 Å². The zero-order chi connectivity index (χ0) is 13.8. The maximum atomic E-state index is 13.2. The zero-order valence-corrected chi connectivity index (χ0v) is 11.1. The van der Waals surface area contributed by atoms with E-state index in [-0.39, 0.29) is 16.8 Å². The molecule has 1 atom stereocenters. The number of benzene rings is 1. The molecule has 19 heavy (non-hydrogen) atoms. The highest BCUT2D eigenvalue weighted by atomic mass is 32.1. The van der Waals surface area contributed by atoms with Crippen LogP contribution in [0.2, 0.25) is 0 Å². The molecule has 1 aromatic carbocycles. The number of nitrogens with zero attached hydrogens (tertiary/aromatic N) is 2. The molecular weight excluding hydrogens is 263 g/mol. The lowest BCUT2D eigenvalue weighted by molar-refractivity contribution is 0.623. The van der Waals surface area contributed by atoms with E-state index >= 15 is 0 Å². The molecule has 0 fully saturated rings. The first kappa shape index (κ1) is 13.4. The van der Waals surface area contributed by atoms with Gasteiger partial charge < -0.3 is 11.1 Å². The van der Waals surface area contributed by atoms with E-state index in [9.17, 15) is 4.39 Å². The molecule has 0 amide bonds. The fourth-order valence-corrected chi connectivity index (χ4v) is 1.87. The summed E-state index contributed by atoms with van der Waals surface area (Å²) in [5.41, 5.74) is 7.04. The molecule has 0 spiro atoms. The van der Waals surface area contributed by atoms with Crippen LogP contribution >= 0.6 is 12.2 Å². The summed E-state index contributed by atoms with van der Waals surface area (Å²) in [7, 11) is 0. The van der Waals surface area contributed by atoms with Crippen LogP contribution in [0.1, 0.15) is 24.1 Å². The third kappa shape index (κ3) is 3.23. The van der Waals surface area contributed by atoms with Crippen molar-refractivity contribution in [2.45, 2.75) is 13.0 Å². The Morgan fingerprint density at radius 2 is 2.21 bits per heavy atom. The second-order valence-electron chi connectivity index (χ2n) is 4.08. The molecule has 0 saturated heterocycles. The predicted molar refractivity (Wildman–Crippen MR) is 76.4 cm³/mol. The summed E-state index contributed by atoms with van der Waals surface area (Å²) in [6.07, 6.45) is 1.52. The molecule has 0 bridgehead atoms. The third-order valence-corrected chi connectivity index (χ3v) is 2.91. The van der Waals surface area contributed by atoms with Crippen LogP contribution in [0, 0.1) is 5.82 Å². The first-order valence-electron chi connectivity index (χ1n) is 5.71. The van der Waals surface area contributed by atoms with Crippen LogP contribution in [0.15, 0.2) is 36.5 Å². The number of rotatable bonds is 4. The number of aromatic nitrogens is 2. The summed E-state index contributed by atoms with van der Waals surface area (Å²) in [6.45, 7) is 1.90. The molecule has 2 aromatic rings. The second-order valence-corrected chi connectivity index (χ2v) is 4.52. The summed E-state index contributed by atoms with van der Waals surface area (Å²) >= 11 is 4.95. The van der Waals surface area contributed by atoms with Gasteiger partial charge in [0, 0.05) is 0 Å². The molecule has 6 heteroatoms. The zero-order valence-electron chi connectivity index (χ0n) is 10.3. The van der Waals surface area contributed by atoms with Crippen molar-refractivity contribution < 1.29 is 4.39 Å². The lowest BCUT2D eigenvalue weighted by atomic mass is 10.1. The van der Waals surface area contributed by atoms with Crippen LogP contribution in [-0.2, 0) is 0 Å². The Morgan fingerprint density at radius 3 is 2.89 bits per heavy atom. The van der Waals surface area contributed by atoms with Crippen molar-refractivity contribution in [2.75, 3.05) is 5.32 Å². The molecule has 2 rings (SSSR count). The molecule has 1 aromatic heterocycles. The van der Waals surface area contributed by atoms with Crippen LogP contribution < -0.4 is 11.1 Å². The molecule has 3 N–H and O–H groups in total. The Kier molecular flexibility index (Phi) is 4.01. The molecule has 0 aliphatic heterocycles. The first-order valence-corrected chi connectivity index (χ1v) is 6.12. The van der Waals surface area contributed by atoms with E-state index in [2.05, 4.69) is 15.5 Å². The van der Waals surface area contributed by atoms with E-state index in [0.29, 0.717) is 11.4 Å². The van der Waals surface area contributed by atoms with Crippen molar-refractivity contribution in [3.8, 4) is 0 Å². The lowest BCUT2D eigenvalue weighted by Gasteiger charge is -2.16. The standard InChI is InChI=1S/C13H13FN4S/c1-8(9-3-2-4-10(14)7-9)17-13-11(12(15)19)5-6-16-18-13/h2-8H,1H3,(H2,15,19)(H,17,18). The van der Waals surface area contributed by atoms with E-state index in [1.54, 1.807) is 12.1 Å². The fourth-order valence-electron chi connectivity index (χ4n) is 1.70. The second kappa shape index (κ2) is 5.71. The third-order valence-electron chi connectivity index (χ3n) is 2.69. The number of halogens is 1. The predicted octanol–water partition coefficient (Wildman–Crippen LogP) is 2.42. The Bertz CT molecular complexity index is 603. The minimum atomic E-state index is -0.278. The maximum absolute atomic E-state index is 13.2. The minimum Gasteiger partial charge on any atom is -0.389 e. The van der Waals surface area contributed by atoms with E-state index in [4.69, 9.17) is 18.0 Å². The average molecular weight is 276 g/mol. The molecule has 0 radical (unpaired) electrons. The fraction of sp³-hybridized carbons (Fsp3) is 0.154. The summed E-state index contributed by atoms with van der Waals surface area (Å²) in [4.78, 5) is 0.240. The smallest absolute Gasteiger partial charge is 0.159 e. The molecule has 0 aliphatic carbocycles. The Hall–Kier alpha value is -2.08. The summed E-state index contributed by atoms with van der Waals surface area (Å²) in [5, 5.41) is 10.9. The Balaban J connectivity index is 2.24. The van der Waals surface area contributed by atoms with Gasteiger partial charge in [0.1, 0.15) is 10.8 Å². The Labute approximate surface area is 115 Å². The molecule has 0 aliphatic rings. The van der Waals surface area contributed by atoms with E-state index in [1.807, 2.05) is 13.0 Å². The molecule has 98 valence electrons. The van der Waals surface area contributed by atoms with Gasteiger partial charge in [-0.3, -0.25) is 0 Å². The van der Waals surface area contributed by atoms with Gasteiger partial charge in [-0.15, -0.1) is 5.10 Å². The van der Waals surface area contributed by atoms with Crippen LogP contribution in [0.5, 0.6) is 0 Å². The molecule has 4 nitrogen and oxygen atoms in total. The number of nitrogens with two attached hydrogens (primary N) is 1. The normalized spacial score (nSPS) is 11.9. The monoisotopic (exact) mass is 276 g/mol. The van der Waals surface area contributed by atoms with Gasteiger partial charge in [-0.25, -0.2) is 4.39 Å². The highest BCUT2D eigenvalue weighted by Crippen LogP contribution is 2.20. The number of hydrogen-bond acceptors (Lipinski definition) is 4. The average Bonchev–Trinajstić information content (AvgIpc) is 2.39. The Morgan fingerprint density at radius 1 is 1.42 bits per heavy atom. The summed E-state index contributed by atoms with van der Waals surface area (Å²) in [5.74, 6) is 0.214. The van der Waals surface area contributed by atoms with Gasteiger partial charge in [0.15, 0.2) is 5.82 Å². The van der Waals surface area contributed by atoms with Crippen molar-refractivity contribution in [1.82, 2.24) is 10.2 Å². The number of anilines is 1. The number of nitrogens with one attached hydrogen (secondary N) is 1. The number of thiocarbonyl (C=S) groups is 1. The highest BCUT2D eigenvalue weighted by Gasteiger charge is 2.11. The van der Waals surface area contributed by atoms with Gasteiger partial charge in [-0.1, -0.05) is 24.4 Å². The van der Waals surface area contributed by atoms with Gasteiger partial charge in [0.2, 0.25) is 0 Å². The quantitative estimate of drug-likeness (QED) is 0.840. The summed E-state index contributed by atoms with van der Waals surface area (Å²) < 4.78 is 13.2. The molecule has 0 saturated carbocycles. The van der Waals surface area contributed by atoms with Crippen molar-refractivity contribution in [3.63, 3.8) is 0 Å². The SMILES string of the molecule is CC(Nc1nnccc1C(N)=S)c1cccc(F)c1. The largest absolute Gasteiger partial charge is 0.389 e. The highest BCUT2D eigenvalue weighted by molar-refractivity contribution is 7.80. The van der Waals surface area contributed by atoms with Gasteiger partial charge >= 0.3 is 0 Å². The van der Waals surface area contributed by atoms with E-state index in [0.717, 1.165) is 5.56 Å². The minimum absolute atomic E-state index is 0.138. The van der Waals surface area contributed by atoms with E-state index in [1.165, 1.54) is 18.3 Å². The molecule has 1 heterocycles. The van der Waals surface area contributed by atoms with Gasteiger partial charge in [0.05, 0.1) is 17.8 Å². The van der Waals surface area contributed by atoms with Gasteiger partial charge in [-0.05, 0) is 30.7 Å². The van der Waals surface area contributed by atoms with Crippen molar-refractivity contribution in [3.05, 3.63) is 53.5 Å². The van der Waals surface area contributed by atoms with Gasteiger partial charge in [-0.2, -0.15) is 5.10 Å². The van der Waals surface area contributed by atoms with Crippen molar-refractivity contribution in [1.29, 1.82) is 0 Å². The topological polar surface area (TPSA) is 63.8 Å². The first-order chi connectivity index (χ1) is 9.08. The van der Waals surface area contributed by atoms with Crippen LogP contribution in [0.25, 0.3) is 0 Å². The lowest BCUT2D eigenvalue weighted by Crippen LogP contribution is -2.16.